The minimum absolute atomic E-state index is 0.0386. The number of para-hydroxylation sites is 2. The van der Waals surface area contributed by atoms with E-state index in [1.807, 2.05) is 84.9 Å². The van der Waals surface area contributed by atoms with Gasteiger partial charge in [0.2, 0.25) is 0 Å². The molecule has 10 rings (SSSR count). The van der Waals surface area contributed by atoms with E-state index in [1.54, 1.807) is 24.3 Å². The van der Waals surface area contributed by atoms with Crippen LogP contribution >= 0.6 is 0 Å². The second-order valence-corrected chi connectivity index (χ2v) is 11.9. The summed E-state index contributed by atoms with van der Waals surface area (Å²) in [6.45, 7) is 0. The molecule has 0 aliphatic heterocycles. The van der Waals surface area contributed by atoms with Crippen LogP contribution in [0.3, 0.4) is 0 Å². The van der Waals surface area contributed by atoms with E-state index < -0.39 is 95.7 Å². The Morgan fingerprint density at radius 2 is 0.720 bits per heavy atom. The summed E-state index contributed by atoms with van der Waals surface area (Å²) in [5.41, 5.74) is 3.28. The molecule has 0 aliphatic rings. The Morgan fingerprint density at radius 3 is 1.30 bits per heavy atom. The van der Waals surface area contributed by atoms with E-state index in [0.29, 0.717) is 11.4 Å². The molecule has 2 aromatic heterocycles. The van der Waals surface area contributed by atoms with Crippen molar-refractivity contribution in [1.29, 1.82) is 0 Å². The number of rotatable bonds is 5. The van der Waals surface area contributed by atoms with Crippen LogP contribution in [0.1, 0.15) is 19.2 Å². The zero-order chi connectivity index (χ0) is 45.2. The smallest absolute Gasteiger partial charge is 0.0652 e. The maximum absolute atomic E-state index is 9.87. The van der Waals surface area contributed by atoms with E-state index in [2.05, 4.69) is 0 Å². The normalized spacial score (nSPS) is 15.5. The summed E-state index contributed by atoms with van der Waals surface area (Å²) in [6.07, 6.45) is 0. The van der Waals surface area contributed by atoms with Gasteiger partial charge in [0, 0.05) is 32.9 Å². The lowest BCUT2D eigenvalue weighted by Crippen LogP contribution is -1.94. The molecule has 0 atom stereocenters. The number of fused-ring (bicyclic) bond motifs is 6. The second kappa shape index (κ2) is 11.5. The van der Waals surface area contributed by atoms with Crippen LogP contribution in [0.2, 0.25) is 0 Å². The molecule has 2 heterocycles. The lowest BCUT2D eigenvalue weighted by molar-refractivity contribution is 1.18. The van der Waals surface area contributed by atoms with Gasteiger partial charge in [0.25, 0.3) is 0 Å². The number of hydrogen-bond donors (Lipinski definition) is 0. The highest BCUT2D eigenvalue weighted by Gasteiger charge is 2.16. The van der Waals surface area contributed by atoms with Gasteiger partial charge in [0.15, 0.2) is 0 Å². The van der Waals surface area contributed by atoms with E-state index >= 15 is 0 Å². The summed E-state index contributed by atoms with van der Waals surface area (Å²) >= 11 is 0. The predicted octanol–water partition coefficient (Wildman–Crippen LogP) is 12.9. The van der Waals surface area contributed by atoms with Crippen LogP contribution in [0, 0.1) is 0 Å². The quantitative estimate of drug-likeness (QED) is 0.175. The molecule has 0 unspecified atom stereocenters. The van der Waals surface area contributed by atoms with Gasteiger partial charge in [-0.25, -0.2) is 0 Å². The van der Waals surface area contributed by atoms with Crippen LogP contribution in [0.4, 0.5) is 0 Å². The number of benzene rings is 8. The van der Waals surface area contributed by atoms with Gasteiger partial charge in [-0.05, 0) is 87.9 Å². The minimum Gasteiger partial charge on any atom is -0.309 e. The highest BCUT2D eigenvalue weighted by Crippen LogP contribution is 2.38. The standard InChI is InChI=1S/C48H32N2/c1-3-11-33(12-4-1)35-19-25-39(26-20-35)49-46-18-10-8-16-42(46)44-31-37(24-30-47(44)49)38-23-29-43-41-15-7-9-17-45(41)50(48(43)32-38)40-27-21-36(22-28-40)34-13-5-2-6-14-34/h1-32H/i7D,8D,9D,10D,15D,16D,17D,18D,23D,24D,29D,30D,31D,32D. The Hall–Kier alpha value is -6.64. The van der Waals surface area contributed by atoms with Crippen molar-refractivity contribution in [3.8, 4) is 44.8 Å². The molecular weight excluding hydrogens is 605 g/mol. The topological polar surface area (TPSA) is 9.86 Å². The molecule has 0 bridgehead atoms. The summed E-state index contributed by atoms with van der Waals surface area (Å²) in [5, 5.41) is -0.415. The summed E-state index contributed by atoms with van der Waals surface area (Å²) in [4.78, 5) is 0. The Morgan fingerprint density at radius 1 is 0.300 bits per heavy atom. The third-order valence-electron chi connectivity index (χ3n) is 9.03. The zero-order valence-electron chi connectivity index (χ0n) is 40.3. The molecule has 0 N–H and O–H groups in total. The molecule has 10 aromatic rings. The van der Waals surface area contributed by atoms with Gasteiger partial charge in [-0.3, -0.25) is 0 Å². The van der Waals surface area contributed by atoms with Crippen molar-refractivity contribution < 1.29 is 19.2 Å². The van der Waals surface area contributed by atoms with Crippen LogP contribution in [0.15, 0.2) is 194 Å². The van der Waals surface area contributed by atoms with Gasteiger partial charge in [-0.15, -0.1) is 0 Å². The molecule has 0 spiro atoms. The first-order chi connectivity index (χ1) is 30.6. The lowest BCUT2D eigenvalue weighted by Gasteiger charge is -2.11. The van der Waals surface area contributed by atoms with Crippen LogP contribution in [0.5, 0.6) is 0 Å². The Labute approximate surface area is 310 Å². The van der Waals surface area contributed by atoms with Crippen LogP contribution < -0.4 is 0 Å². The number of hydrogen-bond acceptors (Lipinski definition) is 0. The molecule has 0 fully saturated rings. The van der Waals surface area contributed by atoms with Gasteiger partial charge in [-0.2, -0.15) is 0 Å². The Balaban J connectivity index is 1.32. The molecule has 2 nitrogen and oxygen atoms in total. The van der Waals surface area contributed by atoms with Crippen molar-refractivity contribution in [2.45, 2.75) is 0 Å². The van der Waals surface area contributed by atoms with Crippen molar-refractivity contribution >= 4 is 43.6 Å². The number of nitrogens with zero attached hydrogens (tertiary/aromatic N) is 2. The van der Waals surface area contributed by atoms with E-state index in [9.17, 15) is 8.22 Å². The van der Waals surface area contributed by atoms with E-state index in [4.69, 9.17) is 11.0 Å². The first-order valence-electron chi connectivity index (χ1n) is 23.1. The largest absolute Gasteiger partial charge is 0.309 e. The highest BCUT2D eigenvalue weighted by atomic mass is 15.0. The minimum atomic E-state index is -0.633. The van der Waals surface area contributed by atoms with E-state index in [1.165, 1.54) is 9.13 Å². The molecule has 0 amide bonds. The third kappa shape index (κ3) is 4.57. The molecule has 0 aliphatic carbocycles. The summed E-state index contributed by atoms with van der Waals surface area (Å²) in [7, 11) is 0. The van der Waals surface area contributed by atoms with Crippen molar-refractivity contribution in [2.75, 3.05) is 0 Å². The molecule has 0 saturated carbocycles. The molecule has 234 valence electrons. The van der Waals surface area contributed by atoms with Crippen molar-refractivity contribution in [1.82, 2.24) is 9.13 Å². The molecule has 8 aromatic carbocycles. The third-order valence-corrected chi connectivity index (χ3v) is 9.03. The maximum Gasteiger partial charge on any atom is 0.0652 e. The van der Waals surface area contributed by atoms with Crippen molar-refractivity contribution in [3.63, 3.8) is 0 Å². The van der Waals surface area contributed by atoms with Crippen LogP contribution in [0.25, 0.3) is 88.4 Å². The fourth-order valence-electron chi connectivity index (χ4n) is 6.66. The van der Waals surface area contributed by atoms with Crippen molar-refractivity contribution in [2.24, 2.45) is 0 Å². The van der Waals surface area contributed by atoms with Gasteiger partial charge >= 0.3 is 0 Å². The Kier molecular flexibility index (Phi) is 4.07. The Bertz CT molecular complexity index is 3620. The van der Waals surface area contributed by atoms with Gasteiger partial charge in [-0.1, -0.05) is 139 Å². The van der Waals surface area contributed by atoms with Gasteiger partial charge < -0.3 is 9.13 Å². The summed E-state index contributed by atoms with van der Waals surface area (Å²) in [6, 6.07) is 25.9. The monoisotopic (exact) mass is 650 g/mol. The van der Waals surface area contributed by atoms with E-state index in [0.717, 1.165) is 22.3 Å². The summed E-state index contributed by atoms with van der Waals surface area (Å²) < 4.78 is 131. The van der Waals surface area contributed by atoms with Gasteiger partial charge in [0.1, 0.15) is 0 Å². The average molecular weight is 651 g/mol. The van der Waals surface area contributed by atoms with E-state index in [-0.39, 0.29) is 43.6 Å². The molecule has 0 saturated heterocycles. The summed E-state index contributed by atoms with van der Waals surface area (Å²) in [5.74, 6) is 0. The fourth-order valence-corrected chi connectivity index (χ4v) is 6.66. The SMILES string of the molecule is [2H]c1c([2H])c([2H])c2c(c1[2H])c1c([2H])c(-c3c([2H])c([2H])c4c5c([2H])c([2H])c([2H])c([2H])c5n(-c5ccc(-c6ccccc6)cc5)c4c3[2H])c([2H])c([2H])c1n2-c1ccc(-c2ccccc2)cc1. The van der Waals surface area contributed by atoms with Crippen LogP contribution in [-0.4, -0.2) is 9.13 Å². The number of aromatic nitrogens is 2. The van der Waals surface area contributed by atoms with Crippen molar-refractivity contribution in [3.05, 3.63) is 194 Å². The van der Waals surface area contributed by atoms with Crippen LogP contribution in [-0.2, 0) is 0 Å². The first kappa shape index (κ1) is 17.7. The zero-order valence-corrected chi connectivity index (χ0v) is 26.3. The second-order valence-electron chi connectivity index (χ2n) is 11.9. The predicted molar refractivity (Wildman–Crippen MR) is 211 cm³/mol. The molecular formula is C48H32N2. The average Bonchev–Trinajstić information content (AvgIpc) is 3.88. The first-order valence-corrected chi connectivity index (χ1v) is 16.1. The molecule has 2 heteroatoms. The van der Waals surface area contributed by atoms with Gasteiger partial charge in [0.05, 0.1) is 41.3 Å². The lowest BCUT2D eigenvalue weighted by atomic mass is 10.0. The molecule has 0 radical (unpaired) electrons. The highest BCUT2D eigenvalue weighted by molar-refractivity contribution is 6.12. The molecule has 50 heavy (non-hydrogen) atoms. The maximum atomic E-state index is 9.87. The fraction of sp³-hybridized carbons (Fsp3) is 0.